The Bertz CT molecular complexity index is 970. The molecule has 30 heavy (non-hydrogen) atoms. The van der Waals surface area contributed by atoms with Crippen molar-refractivity contribution in [3.05, 3.63) is 58.1 Å². The molecule has 0 saturated heterocycles. The number of nitro groups is 1. The second-order valence-electron chi connectivity index (χ2n) is 5.76. The fourth-order valence-corrected chi connectivity index (χ4v) is 2.58. The topological polar surface area (TPSA) is 132 Å². The zero-order valence-corrected chi connectivity index (χ0v) is 16.4. The molecule has 1 amide bonds. The van der Waals surface area contributed by atoms with Crippen LogP contribution in [0.15, 0.2) is 42.5 Å². The summed E-state index contributed by atoms with van der Waals surface area (Å²) >= 11 is 0. The number of nitrogens with zero attached hydrogens (tertiary/aromatic N) is 3. The number of anilines is 1. The number of carbonyl (C=O) groups is 2. The first-order valence-electron chi connectivity index (χ1n) is 8.81. The number of carbonyl (C=O) groups excluding carboxylic acids is 2. The summed E-state index contributed by atoms with van der Waals surface area (Å²) in [6.07, 6.45) is 0. The summed E-state index contributed by atoms with van der Waals surface area (Å²) in [5.41, 5.74) is -0.484. The van der Waals surface area contributed by atoms with Gasteiger partial charge >= 0.3 is 5.97 Å². The van der Waals surface area contributed by atoms with Crippen molar-refractivity contribution in [3.8, 4) is 17.6 Å². The number of nitriles is 1. The molecule has 0 aliphatic heterocycles. The Morgan fingerprint density at radius 1 is 1.20 bits per heavy atom. The Morgan fingerprint density at radius 2 is 1.90 bits per heavy atom. The van der Waals surface area contributed by atoms with Crippen LogP contribution in [0.5, 0.6) is 11.5 Å². The van der Waals surface area contributed by atoms with Crippen LogP contribution in [0.4, 0.5) is 11.4 Å². The second kappa shape index (κ2) is 10.4. The Kier molecular flexibility index (Phi) is 7.70. The van der Waals surface area contributed by atoms with Crippen molar-refractivity contribution in [2.24, 2.45) is 0 Å². The molecule has 0 unspecified atom stereocenters. The maximum atomic E-state index is 12.5. The molecule has 2 aromatic carbocycles. The van der Waals surface area contributed by atoms with Crippen LogP contribution in [0.2, 0.25) is 0 Å². The van der Waals surface area contributed by atoms with Gasteiger partial charge in [-0.1, -0.05) is 18.2 Å². The molecule has 0 bridgehead atoms. The molecule has 0 fully saturated rings. The van der Waals surface area contributed by atoms with E-state index in [-0.39, 0.29) is 30.2 Å². The minimum atomic E-state index is -1.08. The maximum Gasteiger partial charge on any atom is 0.345 e. The van der Waals surface area contributed by atoms with Crippen LogP contribution in [-0.2, 0) is 9.53 Å². The molecule has 2 rings (SSSR count). The smallest absolute Gasteiger partial charge is 0.345 e. The summed E-state index contributed by atoms with van der Waals surface area (Å²) in [4.78, 5) is 36.7. The first-order chi connectivity index (χ1) is 14.4. The average molecular weight is 413 g/mol. The van der Waals surface area contributed by atoms with Gasteiger partial charge in [-0.3, -0.25) is 19.8 Å². The highest BCUT2D eigenvalue weighted by Gasteiger charge is 2.27. The molecule has 0 N–H and O–H groups in total. The SMILES string of the molecule is CCOc1cc(C(=O)OCC(=O)N(CC#N)c2ccccc2)c([N+](=O)[O-])cc1OC. The molecule has 0 spiro atoms. The third-order valence-electron chi connectivity index (χ3n) is 3.92. The van der Waals surface area contributed by atoms with Crippen LogP contribution < -0.4 is 14.4 Å². The van der Waals surface area contributed by atoms with Gasteiger partial charge in [-0.05, 0) is 19.1 Å². The molecule has 0 atom stereocenters. The molecule has 0 heterocycles. The predicted octanol–water partition coefficient (Wildman–Crippen LogP) is 2.72. The number of para-hydroxylation sites is 1. The highest BCUT2D eigenvalue weighted by atomic mass is 16.6. The number of nitro benzene ring substituents is 1. The number of rotatable bonds is 9. The molecule has 10 nitrogen and oxygen atoms in total. The number of methoxy groups -OCH3 is 1. The summed E-state index contributed by atoms with van der Waals surface area (Å²) in [5, 5.41) is 20.3. The molecule has 10 heteroatoms. The number of hydrogen-bond donors (Lipinski definition) is 0. The summed E-state index contributed by atoms with van der Waals surface area (Å²) in [7, 11) is 1.31. The van der Waals surface area contributed by atoms with Crippen molar-refractivity contribution in [1.29, 1.82) is 5.26 Å². The van der Waals surface area contributed by atoms with Crippen molar-refractivity contribution in [3.63, 3.8) is 0 Å². The van der Waals surface area contributed by atoms with Crippen molar-refractivity contribution in [2.45, 2.75) is 6.92 Å². The van der Waals surface area contributed by atoms with E-state index in [0.29, 0.717) is 5.69 Å². The summed E-state index contributed by atoms with van der Waals surface area (Å²) < 4.78 is 15.4. The largest absolute Gasteiger partial charge is 0.493 e. The second-order valence-corrected chi connectivity index (χ2v) is 5.76. The number of esters is 1. The minimum absolute atomic E-state index is 0.0837. The molecule has 0 aromatic heterocycles. The predicted molar refractivity (Wildman–Crippen MR) is 106 cm³/mol. The Labute approximate surface area is 172 Å². The van der Waals surface area contributed by atoms with E-state index in [4.69, 9.17) is 19.5 Å². The van der Waals surface area contributed by atoms with E-state index in [0.717, 1.165) is 17.0 Å². The fourth-order valence-electron chi connectivity index (χ4n) is 2.58. The van der Waals surface area contributed by atoms with Gasteiger partial charge in [0.25, 0.3) is 11.6 Å². The molecule has 0 aliphatic rings. The van der Waals surface area contributed by atoms with Crippen LogP contribution in [-0.4, -0.2) is 43.7 Å². The van der Waals surface area contributed by atoms with Gasteiger partial charge in [-0.15, -0.1) is 0 Å². The van der Waals surface area contributed by atoms with Crippen LogP contribution in [0, 0.1) is 21.4 Å². The third-order valence-corrected chi connectivity index (χ3v) is 3.92. The van der Waals surface area contributed by atoms with Crippen molar-refractivity contribution in [1.82, 2.24) is 0 Å². The quantitative estimate of drug-likeness (QED) is 0.265. The van der Waals surface area contributed by atoms with E-state index in [1.165, 1.54) is 7.11 Å². The lowest BCUT2D eigenvalue weighted by Crippen LogP contribution is -2.35. The van der Waals surface area contributed by atoms with E-state index in [1.807, 2.05) is 6.07 Å². The minimum Gasteiger partial charge on any atom is -0.493 e. The first kappa shape index (κ1) is 22.2. The van der Waals surface area contributed by atoms with Gasteiger partial charge < -0.3 is 14.2 Å². The van der Waals surface area contributed by atoms with Crippen molar-refractivity contribution < 1.29 is 28.7 Å². The van der Waals surface area contributed by atoms with Crippen LogP contribution in [0.25, 0.3) is 0 Å². The first-order valence-corrected chi connectivity index (χ1v) is 8.81. The Morgan fingerprint density at radius 3 is 2.47 bits per heavy atom. The van der Waals surface area contributed by atoms with E-state index < -0.39 is 29.1 Å². The van der Waals surface area contributed by atoms with E-state index in [1.54, 1.807) is 37.3 Å². The normalized spacial score (nSPS) is 9.90. The number of benzene rings is 2. The standard InChI is InChI=1S/C20H19N3O7/c1-3-29-18-11-15(16(23(26)27)12-17(18)28-2)20(25)30-13-19(24)22(10-9-21)14-7-5-4-6-8-14/h4-8,11-12H,3,10,13H2,1-2H3. The summed E-state index contributed by atoms with van der Waals surface area (Å²) in [6, 6.07) is 12.4. The summed E-state index contributed by atoms with van der Waals surface area (Å²) in [6.45, 7) is 0.979. The number of hydrogen-bond acceptors (Lipinski definition) is 8. The molecule has 156 valence electrons. The van der Waals surface area contributed by atoms with Gasteiger partial charge in [0.05, 0.1) is 30.8 Å². The number of amides is 1. The van der Waals surface area contributed by atoms with Gasteiger partial charge in [-0.25, -0.2) is 4.79 Å². The third kappa shape index (κ3) is 5.23. The molecule has 0 radical (unpaired) electrons. The van der Waals surface area contributed by atoms with Crippen LogP contribution in [0.3, 0.4) is 0 Å². The van der Waals surface area contributed by atoms with E-state index in [9.17, 15) is 19.7 Å². The highest BCUT2D eigenvalue weighted by Crippen LogP contribution is 2.35. The lowest BCUT2D eigenvalue weighted by atomic mass is 10.1. The van der Waals surface area contributed by atoms with Gasteiger partial charge in [0.1, 0.15) is 12.1 Å². The van der Waals surface area contributed by atoms with E-state index in [2.05, 4.69) is 0 Å². The van der Waals surface area contributed by atoms with Crippen LogP contribution >= 0.6 is 0 Å². The van der Waals surface area contributed by atoms with Gasteiger partial charge in [0.15, 0.2) is 18.1 Å². The molecule has 0 saturated carbocycles. The summed E-state index contributed by atoms with van der Waals surface area (Å²) in [5.74, 6) is -1.53. The van der Waals surface area contributed by atoms with Crippen molar-refractivity contribution in [2.75, 3.05) is 31.8 Å². The van der Waals surface area contributed by atoms with Gasteiger partial charge in [0.2, 0.25) is 0 Å². The zero-order valence-electron chi connectivity index (χ0n) is 16.4. The van der Waals surface area contributed by atoms with E-state index >= 15 is 0 Å². The Hall–Kier alpha value is -4.13. The molecular weight excluding hydrogens is 394 g/mol. The lowest BCUT2D eigenvalue weighted by molar-refractivity contribution is -0.385. The van der Waals surface area contributed by atoms with Gasteiger partial charge in [-0.2, -0.15) is 5.26 Å². The Balaban J connectivity index is 2.24. The van der Waals surface area contributed by atoms with Gasteiger partial charge in [0, 0.05) is 11.8 Å². The molecule has 2 aromatic rings. The fraction of sp³-hybridized carbons (Fsp3) is 0.250. The van der Waals surface area contributed by atoms with Crippen LogP contribution in [0.1, 0.15) is 17.3 Å². The molecular formula is C20H19N3O7. The highest BCUT2D eigenvalue weighted by molar-refractivity contribution is 5.99. The lowest BCUT2D eigenvalue weighted by Gasteiger charge is -2.19. The zero-order chi connectivity index (χ0) is 22.1. The maximum absolute atomic E-state index is 12.5. The van der Waals surface area contributed by atoms with Crippen molar-refractivity contribution >= 4 is 23.3 Å². The number of ether oxygens (including phenoxy) is 3. The molecule has 0 aliphatic carbocycles. The monoisotopic (exact) mass is 413 g/mol. The average Bonchev–Trinajstić information content (AvgIpc) is 2.75.